The predicted octanol–water partition coefficient (Wildman–Crippen LogP) is 2.68. The molecule has 0 spiro atoms. The van der Waals surface area contributed by atoms with Gasteiger partial charge in [-0.25, -0.2) is 18.1 Å². The first-order valence-corrected chi connectivity index (χ1v) is 8.63. The average molecular weight is 398 g/mol. The van der Waals surface area contributed by atoms with Gasteiger partial charge in [0.25, 0.3) is 6.43 Å². The number of pyridine rings is 1. The van der Waals surface area contributed by atoms with E-state index in [4.69, 9.17) is 4.74 Å². The number of aromatic nitrogens is 8. The summed E-state index contributed by atoms with van der Waals surface area (Å²) in [7, 11) is 1.71. The van der Waals surface area contributed by atoms with Crippen LogP contribution in [0.3, 0.4) is 0 Å². The third-order valence-corrected chi connectivity index (χ3v) is 4.16. The quantitative estimate of drug-likeness (QED) is 0.493. The summed E-state index contributed by atoms with van der Waals surface area (Å²) in [4.78, 5) is 4.06. The molecule has 11 heteroatoms. The van der Waals surface area contributed by atoms with Crippen molar-refractivity contribution in [3.63, 3.8) is 0 Å². The summed E-state index contributed by atoms with van der Waals surface area (Å²) in [6.45, 7) is 1.99. The van der Waals surface area contributed by atoms with Crippen molar-refractivity contribution in [3.8, 4) is 23.1 Å². The van der Waals surface area contributed by atoms with E-state index < -0.39 is 6.43 Å². The van der Waals surface area contributed by atoms with E-state index in [1.54, 1.807) is 30.1 Å². The fraction of sp³-hybridized carbons (Fsp3) is 0.222. The van der Waals surface area contributed by atoms with Crippen LogP contribution in [0.15, 0.2) is 42.7 Å². The highest BCUT2D eigenvalue weighted by molar-refractivity contribution is 5.56. The van der Waals surface area contributed by atoms with E-state index in [1.807, 2.05) is 13.0 Å². The van der Waals surface area contributed by atoms with Crippen molar-refractivity contribution in [2.75, 3.05) is 0 Å². The molecule has 0 N–H and O–H groups in total. The Morgan fingerprint density at radius 3 is 2.55 bits per heavy atom. The Morgan fingerprint density at radius 1 is 1.07 bits per heavy atom. The van der Waals surface area contributed by atoms with Crippen molar-refractivity contribution < 1.29 is 13.5 Å². The molecule has 0 saturated heterocycles. The van der Waals surface area contributed by atoms with Crippen molar-refractivity contribution >= 4 is 0 Å². The van der Waals surface area contributed by atoms with Crippen LogP contribution in [-0.2, 0) is 13.7 Å². The van der Waals surface area contributed by atoms with Gasteiger partial charge in [-0.05, 0) is 31.2 Å². The van der Waals surface area contributed by atoms with Crippen LogP contribution in [0.5, 0.6) is 5.88 Å². The van der Waals surface area contributed by atoms with E-state index in [0.717, 1.165) is 11.9 Å². The number of aryl methyl sites for hydroxylation is 2. The zero-order valence-corrected chi connectivity index (χ0v) is 15.6. The highest BCUT2D eigenvalue weighted by Gasteiger charge is 2.16. The monoisotopic (exact) mass is 398 g/mol. The van der Waals surface area contributed by atoms with Gasteiger partial charge in [0.2, 0.25) is 5.88 Å². The SMILES string of the molecule is Cc1ccn(-c2ccc(OCc3c(-c4ccc(C(F)F)cn4)nnn3C)nn2)n1. The minimum absolute atomic E-state index is 0.103. The second kappa shape index (κ2) is 7.70. The third kappa shape index (κ3) is 3.93. The van der Waals surface area contributed by atoms with Gasteiger partial charge < -0.3 is 4.74 Å². The van der Waals surface area contributed by atoms with Crippen molar-refractivity contribution in [2.24, 2.45) is 7.05 Å². The molecule has 29 heavy (non-hydrogen) atoms. The molecule has 0 aliphatic heterocycles. The maximum Gasteiger partial charge on any atom is 0.265 e. The maximum atomic E-state index is 12.7. The summed E-state index contributed by atoms with van der Waals surface area (Å²) in [6.07, 6.45) is 0.341. The Bertz CT molecular complexity index is 1110. The first-order chi connectivity index (χ1) is 14.0. The first kappa shape index (κ1) is 18.6. The summed E-state index contributed by atoms with van der Waals surface area (Å²) in [5.41, 5.74) is 2.22. The van der Waals surface area contributed by atoms with Crippen molar-refractivity contribution in [3.05, 3.63) is 59.7 Å². The van der Waals surface area contributed by atoms with E-state index in [2.05, 4.69) is 30.6 Å². The molecule has 0 radical (unpaired) electrons. The molecule has 0 aliphatic rings. The Hall–Kier alpha value is -3.76. The minimum atomic E-state index is -2.58. The minimum Gasteiger partial charge on any atom is -0.470 e. The lowest BCUT2D eigenvalue weighted by Crippen LogP contribution is -2.07. The predicted molar refractivity (Wildman–Crippen MR) is 97.4 cm³/mol. The van der Waals surface area contributed by atoms with Crippen LogP contribution < -0.4 is 4.74 Å². The molecular weight excluding hydrogens is 382 g/mol. The molecule has 0 aromatic carbocycles. The molecule has 4 aromatic rings. The van der Waals surface area contributed by atoms with Gasteiger partial charge in [0.15, 0.2) is 5.82 Å². The number of alkyl halides is 2. The highest BCUT2D eigenvalue weighted by atomic mass is 19.3. The lowest BCUT2D eigenvalue weighted by atomic mass is 10.2. The third-order valence-electron chi connectivity index (χ3n) is 4.16. The maximum absolute atomic E-state index is 12.7. The lowest BCUT2D eigenvalue weighted by molar-refractivity contribution is 0.151. The van der Waals surface area contributed by atoms with Crippen molar-refractivity contribution in [1.82, 2.24) is 40.0 Å². The van der Waals surface area contributed by atoms with Crippen LogP contribution in [0.1, 0.15) is 23.4 Å². The Morgan fingerprint density at radius 2 is 1.93 bits per heavy atom. The topological polar surface area (TPSA) is 96.4 Å². The zero-order chi connectivity index (χ0) is 20.4. The lowest BCUT2D eigenvalue weighted by Gasteiger charge is -2.07. The average Bonchev–Trinajstić information content (AvgIpc) is 3.32. The van der Waals surface area contributed by atoms with Gasteiger partial charge in [-0.15, -0.1) is 15.3 Å². The van der Waals surface area contributed by atoms with Crippen LogP contribution in [-0.4, -0.2) is 40.0 Å². The van der Waals surface area contributed by atoms with E-state index in [0.29, 0.717) is 28.8 Å². The van der Waals surface area contributed by atoms with E-state index in [9.17, 15) is 8.78 Å². The van der Waals surface area contributed by atoms with Crippen molar-refractivity contribution in [1.29, 1.82) is 0 Å². The molecular formula is C18H16F2N8O. The van der Waals surface area contributed by atoms with E-state index in [1.165, 1.54) is 16.8 Å². The largest absolute Gasteiger partial charge is 0.470 e. The highest BCUT2D eigenvalue weighted by Crippen LogP contribution is 2.23. The van der Waals surface area contributed by atoms with E-state index in [-0.39, 0.29) is 12.2 Å². The smallest absolute Gasteiger partial charge is 0.265 e. The number of hydrogen-bond donors (Lipinski definition) is 0. The van der Waals surface area contributed by atoms with Crippen molar-refractivity contribution in [2.45, 2.75) is 20.0 Å². The van der Waals surface area contributed by atoms with Gasteiger partial charge in [0.1, 0.15) is 18.0 Å². The van der Waals surface area contributed by atoms with Gasteiger partial charge in [0, 0.05) is 31.1 Å². The summed E-state index contributed by atoms with van der Waals surface area (Å²) < 4.78 is 34.3. The number of rotatable bonds is 6. The molecule has 4 heterocycles. The first-order valence-electron chi connectivity index (χ1n) is 8.63. The molecule has 0 unspecified atom stereocenters. The number of halogens is 2. The molecule has 0 fully saturated rings. The van der Waals surface area contributed by atoms with Gasteiger partial charge in [-0.1, -0.05) is 5.21 Å². The number of hydrogen-bond acceptors (Lipinski definition) is 7. The molecule has 0 atom stereocenters. The molecule has 0 amide bonds. The molecule has 4 rings (SSSR count). The second-order valence-corrected chi connectivity index (χ2v) is 6.21. The molecule has 9 nitrogen and oxygen atoms in total. The summed E-state index contributed by atoms with van der Waals surface area (Å²) in [5.74, 6) is 0.877. The van der Waals surface area contributed by atoms with Crippen LogP contribution in [0.25, 0.3) is 17.2 Å². The Balaban J connectivity index is 1.49. The van der Waals surface area contributed by atoms with E-state index >= 15 is 0 Å². The van der Waals surface area contributed by atoms with Crippen LogP contribution >= 0.6 is 0 Å². The van der Waals surface area contributed by atoms with Crippen LogP contribution in [0, 0.1) is 6.92 Å². The van der Waals surface area contributed by atoms with Gasteiger partial charge in [-0.2, -0.15) is 5.10 Å². The zero-order valence-electron chi connectivity index (χ0n) is 15.6. The van der Waals surface area contributed by atoms with Gasteiger partial charge in [-0.3, -0.25) is 4.98 Å². The van der Waals surface area contributed by atoms with Crippen LogP contribution in [0.4, 0.5) is 8.78 Å². The molecule has 0 aliphatic carbocycles. The fourth-order valence-corrected chi connectivity index (χ4v) is 2.61. The van der Waals surface area contributed by atoms with Gasteiger partial charge in [0.05, 0.1) is 11.4 Å². The summed E-state index contributed by atoms with van der Waals surface area (Å²) in [5, 5.41) is 20.4. The summed E-state index contributed by atoms with van der Waals surface area (Å²) >= 11 is 0. The van der Waals surface area contributed by atoms with Crippen LogP contribution in [0.2, 0.25) is 0 Å². The Labute approximate surface area is 164 Å². The second-order valence-electron chi connectivity index (χ2n) is 6.21. The molecule has 148 valence electrons. The molecule has 4 aromatic heterocycles. The molecule has 0 bridgehead atoms. The fourth-order valence-electron chi connectivity index (χ4n) is 2.61. The number of nitrogens with zero attached hydrogens (tertiary/aromatic N) is 8. The van der Waals surface area contributed by atoms with Gasteiger partial charge >= 0.3 is 0 Å². The molecule has 0 saturated carbocycles. The Kier molecular flexibility index (Phi) is 4.94. The standard InChI is InChI=1S/C18H16F2N8O/c1-11-7-8-28(25-11)15-5-6-16(23-22-15)29-10-14-17(24-26-27(14)2)13-4-3-12(9-21-13)18(19)20/h3-9,18H,10H2,1-2H3. The normalized spacial score (nSPS) is 11.2. The summed E-state index contributed by atoms with van der Waals surface area (Å²) in [6, 6.07) is 8.08. The number of ether oxygens (including phenoxy) is 1.